The largest absolute Gasteiger partial charge is 0.465 e. The molecule has 1 saturated heterocycles. The van der Waals surface area contributed by atoms with Gasteiger partial charge in [-0.3, -0.25) is 4.90 Å². The van der Waals surface area contributed by atoms with Crippen molar-refractivity contribution >= 4 is 5.97 Å². The maximum atomic E-state index is 12.2. The summed E-state index contributed by atoms with van der Waals surface area (Å²) >= 11 is 0. The molecule has 2 saturated carbocycles. The van der Waals surface area contributed by atoms with Crippen molar-refractivity contribution < 1.29 is 9.53 Å². The van der Waals surface area contributed by atoms with Gasteiger partial charge in [-0.05, 0) is 50.9 Å². The van der Waals surface area contributed by atoms with Crippen LogP contribution in [0.25, 0.3) is 0 Å². The van der Waals surface area contributed by atoms with E-state index in [9.17, 15) is 4.79 Å². The van der Waals surface area contributed by atoms with Crippen molar-refractivity contribution in [2.75, 3.05) is 19.7 Å². The van der Waals surface area contributed by atoms with Crippen LogP contribution in [0.3, 0.4) is 0 Å². The summed E-state index contributed by atoms with van der Waals surface area (Å²) in [5, 5.41) is 0. The Balaban J connectivity index is 1.68. The van der Waals surface area contributed by atoms with E-state index in [4.69, 9.17) is 10.5 Å². The van der Waals surface area contributed by atoms with Crippen LogP contribution in [0.4, 0.5) is 0 Å². The van der Waals surface area contributed by atoms with Crippen LogP contribution in [-0.2, 0) is 9.53 Å². The second-order valence-electron chi connectivity index (χ2n) is 6.30. The molecule has 0 amide bonds. The topological polar surface area (TPSA) is 55.6 Å². The van der Waals surface area contributed by atoms with Gasteiger partial charge in [0.2, 0.25) is 0 Å². The maximum absolute atomic E-state index is 12.2. The Morgan fingerprint density at radius 2 is 2.17 bits per heavy atom. The van der Waals surface area contributed by atoms with Crippen LogP contribution < -0.4 is 5.73 Å². The first-order valence-electron chi connectivity index (χ1n) is 7.33. The molecule has 4 nitrogen and oxygen atoms in total. The van der Waals surface area contributed by atoms with Crippen LogP contribution in [0.15, 0.2) is 0 Å². The minimum Gasteiger partial charge on any atom is -0.465 e. The fourth-order valence-electron chi connectivity index (χ4n) is 3.78. The lowest BCUT2D eigenvalue weighted by Crippen LogP contribution is -2.59. The number of hydrogen-bond acceptors (Lipinski definition) is 4. The van der Waals surface area contributed by atoms with E-state index in [0.717, 1.165) is 25.3 Å². The number of hydrogen-bond donors (Lipinski definition) is 1. The van der Waals surface area contributed by atoms with Crippen molar-refractivity contribution in [2.24, 2.45) is 17.6 Å². The molecule has 18 heavy (non-hydrogen) atoms. The fraction of sp³-hybridized carbons (Fsp3) is 0.929. The van der Waals surface area contributed by atoms with Crippen LogP contribution in [0.5, 0.6) is 0 Å². The van der Waals surface area contributed by atoms with E-state index in [0.29, 0.717) is 25.1 Å². The van der Waals surface area contributed by atoms with Crippen LogP contribution in [-0.4, -0.2) is 42.1 Å². The summed E-state index contributed by atoms with van der Waals surface area (Å²) in [6, 6.07) is 0.672. The number of nitrogens with two attached hydrogens (primary N) is 1. The van der Waals surface area contributed by atoms with E-state index in [2.05, 4.69) is 4.90 Å². The van der Waals surface area contributed by atoms with Crippen LogP contribution in [0.2, 0.25) is 0 Å². The van der Waals surface area contributed by atoms with Gasteiger partial charge in [-0.15, -0.1) is 0 Å². The molecule has 0 radical (unpaired) electrons. The predicted molar refractivity (Wildman–Crippen MR) is 69.0 cm³/mol. The van der Waals surface area contributed by atoms with Crippen molar-refractivity contribution in [3.63, 3.8) is 0 Å². The van der Waals surface area contributed by atoms with Gasteiger partial charge in [0, 0.05) is 19.1 Å². The Hall–Kier alpha value is -0.610. The molecule has 3 aliphatic rings. The number of fused-ring (bicyclic) bond motifs is 2. The molecule has 4 heteroatoms. The van der Waals surface area contributed by atoms with Gasteiger partial charge in [0.1, 0.15) is 5.54 Å². The van der Waals surface area contributed by atoms with Gasteiger partial charge in [0.05, 0.1) is 6.61 Å². The molecule has 0 spiro atoms. The molecule has 2 aliphatic carbocycles. The predicted octanol–water partition coefficient (Wildman–Crippen LogP) is 1.14. The maximum Gasteiger partial charge on any atom is 0.327 e. The monoisotopic (exact) mass is 252 g/mol. The number of esters is 1. The Bertz CT molecular complexity index is 343. The first-order valence-corrected chi connectivity index (χ1v) is 7.33. The van der Waals surface area contributed by atoms with Crippen LogP contribution in [0.1, 0.15) is 39.0 Å². The van der Waals surface area contributed by atoms with Gasteiger partial charge in [0.15, 0.2) is 0 Å². The fourth-order valence-corrected chi connectivity index (χ4v) is 3.78. The smallest absolute Gasteiger partial charge is 0.327 e. The van der Waals surface area contributed by atoms with Crippen molar-refractivity contribution in [2.45, 2.75) is 50.6 Å². The molecular formula is C14H24N2O2. The van der Waals surface area contributed by atoms with Gasteiger partial charge < -0.3 is 10.5 Å². The summed E-state index contributed by atoms with van der Waals surface area (Å²) in [5.74, 6) is 1.01. The van der Waals surface area contributed by atoms with E-state index in [1.807, 2.05) is 6.92 Å². The van der Waals surface area contributed by atoms with Gasteiger partial charge in [0.25, 0.3) is 0 Å². The zero-order valence-electron chi connectivity index (χ0n) is 11.2. The third-order valence-corrected chi connectivity index (χ3v) is 4.95. The quantitative estimate of drug-likeness (QED) is 0.746. The molecule has 0 aromatic carbocycles. The van der Waals surface area contributed by atoms with Crippen molar-refractivity contribution in [3.8, 4) is 0 Å². The molecule has 102 valence electrons. The number of piperidine rings is 1. The Morgan fingerprint density at radius 3 is 2.67 bits per heavy atom. The summed E-state index contributed by atoms with van der Waals surface area (Å²) in [6.45, 7) is 4.12. The third-order valence-electron chi connectivity index (χ3n) is 4.95. The average molecular weight is 252 g/mol. The molecule has 1 aliphatic heterocycles. The summed E-state index contributed by atoms with van der Waals surface area (Å²) in [4.78, 5) is 14.6. The Labute approximate surface area is 109 Å². The molecule has 2 N–H and O–H groups in total. The number of ether oxygens (including phenoxy) is 1. The van der Waals surface area contributed by atoms with Crippen molar-refractivity contribution in [1.29, 1.82) is 0 Å². The van der Waals surface area contributed by atoms with Crippen LogP contribution >= 0.6 is 0 Å². The summed E-state index contributed by atoms with van der Waals surface area (Å²) in [7, 11) is 0. The number of carbonyl (C=O) groups is 1. The van der Waals surface area contributed by atoms with Gasteiger partial charge in [-0.2, -0.15) is 0 Å². The Morgan fingerprint density at radius 1 is 1.39 bits per heavy atom. The normalized spacial score (nSPS) is 34.6. The SMILES string of the molecule is CCOC(=O)C(N)(CN1CC2CCC1C2)C1CC1. The van der Waals surface area contributed by atoms with Gasteiger partial charge in [-0.1, -0.05) is 0 Å². The van der Waals surface area contributed by atoms with Gasteiger partial charge in [-0.25, -0.2) is 4.79 Å². The lowest BCUT2D eigenvalue weighted by Gasteiger charge is -2.35. The van der Waals surface area contributed by atoms with E-state index in [-0.39, 0.29) is 5.97 Å². The second-order valence-corrected chi connectivity index (χ2v) is 6.30. The highest BCUT2D eigenvalue weighted by molar-refractivity contribution is 5.82. The highest BCUT2D eigenvalue weighted by Gasteiger charge is 2.52. The van der Waals surface area contributed by atoms with Crippen molar-refractivity contribution in [1.82, 2.24) is 4.90 Å². The van der Waals surface area contributed by atoms with E-state index < -0.39 is 5.54 Å². The number of rotatable bonds is 5. The zero-order valence-corrected chi connectivity index (χ0v) is 11.2. The molecule has 3 fully saturated rings. The second kappa shape index (κ2) is 4.49. The first-order chi connectivity index (χ1) is 8.63. The zero-order chi connectivity index (χ0) is 12.8. The number of likely N-dealkylation sites (tertiary alicyclic amines) is 1. The molecule has 0 aromatic rings. The summed E-state index contributed by atoms with van der Waals surface area (Å²) in [6.07, 6.45) is 6.12. The molecule has 3 rings (SSSR count). The Kier molecular flexibility index (Phi) is 3.10. The third kappa shape index (κ3) is 2.05. The van der Waals surface area contributed by atoms with E-state index >= 15 is 0 Å². The van der Waals surface area contributed by atoms with E-state index in [1.165, 1.54) is 19.3 Å². The number of nitrogens with zero attached hydrogens (tertiary/aromatic N) is 1. The minimum atomic E-state index is -0.750. The molecule has 1 heterocycles. The highest BCUT2D eigenvalue weighted by atomic mass is 16.5. The van der Waals surface area contributed by atoms with Crippen molar-refractivity contribution in [3.05, 3.63) is 0 Å². The summed E-state index contributed by atoms with van der Waals surface area (Å²) in [5.41, 5.74) is 5.68. The minimum absolute atomic E-state index is 0.185. The first kappa shape index (κ1) is 12.4. The summed E-state index contributed by atoms with van der Waals surface area (Å²) < 4.78 is 5.21. The average Bonchev–Trinajstić information content (AvgIpc) is 3.02. The van der Waals surface area contributed by atoms with Crippen LogP contribution in [0, 0.1) is 11.8 Å². The highest BCUT2D eigenvalue weighted by Crippen LogP contribution is 2.43. The van der Waals surface area contributed by atoms with Gasteiger partial charge >= 0.3 is 5.97 Å². The lowest BCUT2D eigenvalue weighted by molar-refractivity contribution is -0.151. The lowest BCUT2D eigenvalue weighted by atomic mass is 9.93. The molecular weight excluding hydrogens is 228 g/mol. The molecule has 0 aromatic heterocycles. The van der Waals surface area contributed by atoms with E-state index in [1.54, 1.807) is 0 Å². The molecule has 2 bridgehead atoms. The molecule has 3 atom stereocenters. The standard InChI is InChI=1S/C14H24N2O2/c1-2-18-13(17)14(15,11-4-5-11)9-16-8-10-3-6-12(16)7-10/h10-12H,2-9,15H2,1H3. The number of carbonyl (C=O) groups excluding carboxylic acids is 1. The molecule has 3 unspecified atom stereocenters.